The molecule has 3 N–H and O–H groups in total. The second kappa shape index (κ2) is 4.64. The summed E-state index contributed by atoms with van der Waals surface area (Å²) in [6.45, 7) is 0. The summed E-state index contributed by atoms with van der Waals surface area (Å²) in [6.07, 6.45) is 1.23. The molecule has 0 amide bonds. The molecule has 0 aliphatic carbocycles. The molecule has 0 atom stereocenters. The van der Waals surface area contributed by atoms with E-state index in [2.05, 4.69) is 16.8 Å². The van der Waals surface area contributed by atoms with Gasteiger partial charge in [-0.15, -0.1) is 0 Å². The number of nitrogens with two attached hydrogens (primary N) is 1. The van der Waals surface area contributed by atoms with E-state index in [1.54, 1.807) is 0 Å². The third-order valence-electron chi connectivity index (χ3n) is 1.56. The van der Waals surface area contributed by atoms with Gasteiger partial charge in [0.1, 0.15) is 5.82 Å². The molecule has 0 aromatic carbocycles. The van der Waals surface area contributed by atoms with Crippen molar-refractivity contribution in [3.63, 3.8) is 0 Å². The van der Waals surface area contributed by atoms with E-state index in [9.17, 15) is 4.79 Å². The first-order valence-corrected chi connectivity index (χ1v) is 3.99. The molecular weight excluding hydrogens is 194 g/mol. The number of carboxylic acids is 1. The summed E-state index contributed by atoms with van der Waals surface area (Å²) in [5.41, 5.74) is 5.83. The Morgan fingerprint density at radius 1 is 1.67 bits per heavy atom. The Labute approximate surface area is 86.2 Å². The van der Waals surface area contributed by atoms with Crippen molar-refractivity contribution in [3.05, 3.63) is 23.4 Å². The molecule has 0 saturated heterocycles. The molecule has 0 radical (unpaired) electrons. The van der Waals surface area contributed by atoms with Crippen LogP contribution in [0.15, 0.2) is 12.3 Å². The van der Waals surface area contributed by atoms with Crippen molar-refractivity contribution in [2.75, 3.05) is 5.73 Å². The normalized spacial score (nSPS) is 8.47. The van der Waals surface area contributed by atoms with Crippen molar-refractivity contribution >= 4 is 11.8 Å². The molecule has 0 aliphatic rings. The Hall–Kier alpha value is -2.53. The SMILES string of the molecule is N#CCC#Cc1cc(C(=O)O)cnc1N. The summed E-state index contributed by atoms with van der Waals surface area (Å²) >= 11 is 0. The topological polar surface area (TPSA) is 100 Å². The number of aromatic nitrogens is 1. The lowest BCUT2D eigenvalue weighted by Gasteiger charge is -1.98. The van der Waals surface area contributed by atoms with Crippen LogP contribution < -0.4 is 5.73 Å². The van der Waals surface area contributed by atoms with Crippen molar-refractivity contribution in [3.8, 4) is 17.9 Å². The number of carboxylic acid groups (broad SMARTS) is 1. The summed E-state index contributed by atoms with van der Waals surface area (Å²) in [7, 11) is 0. The fourth-order valence-corrected chi connectivity index (χ4v) is 0.871. The average Bonchev–Trinajstić information content (AvgIpc) is 2.20. The number of anilines is 1. The molecule has 5 heteroatoms. The maximum atomic E-state index is 10.6. The van der Waals surface area contributed by atoms with E-state index in [1.807, 2.05) is 6.07 Å². The first-order valence-electron chi connectivity index (χ1n) is 3.99. The smallest absolute Gasteiger partial charge is 0.337 e. The summed E-state index contributed by atoms with van der Waals surface area (Å²) in [6, 6.07) is 3.17. The number of nitrogens with zero attached hydrogens (tertiary/aromatic N) is 2. The van der Waals surface area contributed by atoms with E-state index < -0.39 is 5.97 Å². The zero-order valence-electron chi connectivity index (χ0n) is 7.69. The molecule has 0 fully saturated rings. The Balaban J connectivity index is 3.08. The quantitative estimate of drug-likeness (QED) is 0.649. The molecule has 1 aromatic rings. The van der Waals surface area contributed by atoms with Gasteiger partial charge in [0, 0.05) is 6.20 Å². The van der Waals surface area contributed by atoms with Gasteiger partial charge in [0.25, 0.3) is 0 Å². The molecule has 0 spiro atoms. The Bertz CT molecular complexity index is 492. The average molecular weight is 201 g/mol. The third kappa shape index (κ3) is 2.71. The Morgan fingerprint density at radius 2 is 2.40 bits per heavy atom. The minimum Gasteiger partial charge on any atom is -0.478 e. The van der Waals surface area contributed by atoms with Gasteiger partial charge in [-0.2, -0.15) is 5.26 Å². The second-order valence-corrected chi connectivity index (χ2v) is 2.60. The van der Waals surface area contributed by atoms with Gasteiger partial charge < -0.3 is 10.8 Å². The zero-order valence-corrected chi connectivity index (χ0v) is 7.69. The minimum atomic E-state index is -1.09. The molecule has 0 aliphatic heterocycles. The summed E-state index contributed by atoms with van der Waals surface area (Å²) < 4.78 is 0. The van der Waals surface area contributed by atoms with Crippen LogP contribution in [0, 0.1) is 23.2 Å². The van der Waals surface area contributed by atoms with E-state index in [-0.39, 0.29) is 17.8 Å². The number of hydrogen-bond donors (Lipinski definition) is 2. The fraction of sp³-hybridized carbons (Fsp3) is 0.100. The maximum absolute atomic E-state index is 10.6. The van der Waals surface area contributed by atoms with Crippen LogP contribution in [-0.2, 0) is 0 Å². The molecule has 15 heavy (non-hydrogen) atoms. The maximum Gasteiger partial charge on any atom is 0.337 e. The molecule has 0 unspecified atom stereocenters. The molecule has 74 valence electrons. The number of rotatable bonds is 1. The highest BCUT2D eigenvalue weighted by Gasteiger charge is 2.05. The van der Waals surface area contributed by atoms with Gasteiger partial charge in [0.2, 0.25) is 0 Å². The van der Waals surface area contributed by atoms with E-state index in [0.29, 0.717) is 5.56 Å². The van der Waals surface area contributed by atoms with Gasteiger partial charge in [-0.3, -0.25) is 0 Å². The zero-order chi connectivity index (χ0) is 11.3. The predicted molar refractivity (Wildman–Crippen MR) is 52.7 cm³/mol. The number of hydrogen-bond acceptors (Lipinski definition) is 4. The van der Waals surface area contributed by atoms with Gasteiger partial charge in [0.15, 0.2) is 0 Å². The fourth-order valence-electron chi connectivity index (χ4n) is 0.871. The molecular formula is C10H7N3O2. The molecule has 1 rings (SSSR count). The first kappa shape index (κ1) is 10.6. The van der Waals surface area contributed by atoms with E-state index >= 15 is 0 Å². The summed E-state index contributed by atoms with van der Waals surface area (Å²) in [5, 5.41) is 17.0. The van der Waals surface area contributed by atoms with Crippen LogP contribution in [0.25, 0.3) is 0 Å². The summed E-state index contributed by atoms with van der Waals surface area (Å²) in [4.78, 5) is 14.3. The molecule has 1 aromatic heterocycles. The second-order valence-electron chi connectivity index (χ2n) is 2.60. The van der Waals surface area contributed by atoms with E-state index in [1.165, 1.54) is 6.07 Å². The van der Waals surface area contributed by atoms with Crippen molar-refractivity contribution < 1.29 is 9.90 Å². The van der Waals surface area contributed by atoms with Gasteiger partial charge in [-0.05, 0) is 6.07 Å². The van der Waals surface area contributed by atoms with E-state index in [4.69, 9.17) is 16.1 Å². The lowest BCUT2D eigenvalue weighted by molar-refractivity contribution is 0.0696. The van der Waals surface area contributed by atoms with Crippen LogP contribution in [0.1, 0.15) is 22.3 Å². The van der Waals surface area contributed by atoms with Crippen LogP contribution in [0.5, 0.6) is 0 Å². The largest absolute Gasteiger partial charge is 0.478 e. The van der Waals surface area contributed by atoms with Gasteiger partial charge in [-0.25, -0.2) is 9.78 Å². The Morgan fingerprint density at radius 3 is 3.00 bits per heavy atom. The minimum absolute atomic E-state index is 0.0189. The number of aromatic carboxylic acids is 1. The highest BCUT2D eigenvalue weighted by atomic mass is 16.4. The highest BCUT2D eigenvalue weighted by molar-refractivity contribution is 5.88. The summed E-state index contributed by atoms with van der Waals surface area (Å²) in [5.74, 6) is 4.19. The number of carbonyl (C=O) groups is 1. The van der Waals surface area contributed by atoms with Crippen LogP contribution in [-0.4, -0.2) is 16.1 Å². The van der Waals surface area contributed by atoms with Crippen LogP contribution >= 0.6 is 0 Å². The number of nitriles is 1. The van der Waals surface area contributed by atoms with Crippen LogP contribution in [0.4, 0.5) is 5.82 Å². The number of pyridine rings is 1. The van der Waals surface area contributed by atoms with E-state index in [0.717, 1.165) is 6.20 Å². The standard InChI is InChI=1S/C10H7N3O2/c11-4-2-1-3-7-5-8(10(14)15)6-13-9(7)12/h5-6H,2H2,(H2,12,13)(H,14,15). The van der Waals surface area contributed by atoms with Gasteiger partial charge in [-0.1, -0.05) is 11.8 Å². The lowest BCUT2D eigenvalue weighted by atomic mass is 10.2. The lowest BCUT2D eigenvalue weighted by Crippen LogP contribution is -2.01. The number of nitrogen functional groups attached to an aromatic ring is 1. The molecule has 0 bridgehead atoms. The molecule has 0 saturated carbocycles. The molecule has 5 nitrogen and oxygen atoms in total. The van der Waals surface area contributed by atoms with Crippen LogP contribution in [0.2, 0.25) is 0 Å². The van der Waals surface area contributed by atoms with Crippen molar-refractivity contribution in [1.29, 1.82) is 5.26 Å². The first-order chi connectivity index (χ1) is 7.15. The van der Waals surface area contributed by atoms with Crippen molar-refractivity contribution in [2.24, 2.45) is 0 Å². The predicted octanol–water partition coefficient (Wildman–Crippen LogP) is 0.627. The van der Waals surface area contributed by atoms with Gasteiger partial charge in [0.05, 0.1) is 23.6 Å². The van der Waals surface area contributed by atoms with Crippen molar-refractivity contribution in [1.82, 2.24) is 4.98 Å². The molecule has 1 heterocycles. The highest BCUT2D eigenvalue weighted by Crippen LogP contribution is 2.09. The monoisotopic (exact) mass is 201 g/mol. The Kier molecular flexibility index (Phi) is 3.26. The van der Waals surface area contributed by atoms with Crippen LogP contribution in [0.3, 0.4) is 0 Å². The third-order valence-corrected chi connectivity index (χ3v) is 1.56. The van der Waals surface area contributed by atoms with Crippen molar-refractivity contribution in [2.45, 2.75) is 6.42 Å². The van der Waals surface area contributed by atoms with Gasteiger partial charge >= 0.3 is 5.97 Å².